The van der Waals surface area contributed by atoms with Crippen LogP contribution in [-0.2, 0) is 0 Å². The zero-order chi connectivity index (χ0) is 12.2. The summed E-state index contributed by atoms with van der Waals surface area (Å²) in [7, 11) is 0. The molecule has 0 saturated heterocycles. The van der Waals surface area contributed by atoms with Crippen molar-refractivity contribution in [1.29, 1.82) is 0 Å². The Morgan fingerprint density at radius 2 is 1.75 bits per heavy atom. The first-order valence-corrected chi connectivity index (χ1v) is 5.96. The summed E-state index contributed by atoms with van der Waals surface area (Å²) in [4.78, 5) is 0. The molecule has 0 aliphatic heterocycles. The first-order valence-electron chi connectivity index (χ1n) is 5.96. The number of rotatable bonds is 4. The fraction of sp³-hybridized carbons (Fsp3) is 0.571. The molecule has 0 amide bonds. The number of benzene rings is 1. The molecule has 1 aromatic carbocycles. The third-order valence-electron chi connectivity index (χ3n) is 3.19. The van der Waals surface area contributed by atoms with Gasteiger partial charge in [0.2, 0.25) is 0 Å². The minimum atomic E-state index is 0.246. The lowest BCUT2D eigenvalue weighted by Gasteiger charge is -2.32. The molecule has 0 heterocycles. The Morgan fingerprint density at radius 1 is 1.19 bits per heavy atom. The summed E-state index contributed by atoms with van der Waals surface area (Å²) < 4.78 is 0. The molecule has 16 heavy (non-hydrogen) atoms. The van der Waals surface area contributed by atoms with Gasteiger partial charge in [0, 0.05) is 18.6 Å². The third kappa shape index (κ3) is 3.62. The van der Waals surface area contributed by atoms with Gasteiger partial charge in [-0.25, -0.2) is 0 Å². The molecule has 0 aromatic heterocycles. The lowest BCUT2D eigenvalue weighted by atomic mass is 9.87. The molecule has 0 aliphatic carbocycles. The SMILES string of the molecule is CC(NC(CN)c1ccccc1)C(C)(C)C. The molecule has 0 radical (unpaired) electrons. The van der Waals surface area contributed by atoms with Gasteiger partial charge in [0.15, 0.2) is 0 Å². The normalized spacial score (nSPS) is 15.8. The van der Waals surface area contributed by atoms with E-state index in [1.165, 1.54) is 5.56 Å². The van der Waals surface area contributed by atoms with Gasteiger partial charge in [-0.1, -0.05) is 51.1 Å². The Hall–Kier alpha value is -0.860. The van der Waals surface area contributed by atoms with Crippen molar-refractivity contribution in [3.63, 3.8) is 0 Å². The summed E-state index contributed by atoms with van der Waals surface area (Å²) in [5.74, 6) is 0. The molecule has 2 unspecified atom stereocenters. The summed E-state index contributed by atoms with van der Waals surface area (Å²) >= 11 is 0. The molecule has 0 spiro atoms. The summed E-state index contributed by atoms with van der Waals surface area (Å²) in [6.45, 7) is 9.56. The van der Waals surface area contributed by atoms with E-state index in [4.69, 9.17) is 5.73 Å². The minimum absolute atomic E-state index is 0.246. The van der Waals surface area contributed by atoms with E-state index in [9.17, 15) is 0 Å². The smallest absolute Gasteiger partial charge is 0.0446 e. The zero-order valence-electron chi connectivity index (χ0n) is 10.8. The maximum Gasteiger partial charge on any atom is 0.0446 e. The van der Waals surface area contributed by atoms with E-state index in [2.05, 4.69) is 57.3 Å². The second kappa shape index (κ2) is 5.46. The maximum atomic E-state index is 5.83. The van der Waals surface area contributed by atoms with Gasteiger partial charge in [0.25, 0.3) is 0 Å². The molecule has 2 heteroatoms. The van der Waals surface area contributed by atoms with E-state index < -0.39 is 0 Å². The van der Waals surface area contributed by atoms with Crippen molar-refractivity contribution in [2.45, 2.75) is 39.8 Å². The zero-order valence-corrected chi connectivity index (χ0v) is 10.8. The van der Waals surface area contributed by atoms with Crippen molar-refractivity contribution in [1.82, 2.24) is 5.32 Å². The van der Waals surface area contributed by atoms with Gasteiger partial charge in [-0.3, -0.25) is 0 Å². The highest BCUT2D eigenvalue weighted by atomic mass is 15.0. The van der Waals surface area contributed by atoms with E-state index in [1.807, 2.05) is 6.07 Å². The first kappa shape index (κ1) is 13.2. The molecule has 3 N–H and O–H groups in total. The molecule has 1 aromatic rings. The number of hydrogen-bond donors (Lipinski definition) is 2. The summed E-state index contributed by atoms with van der Waals surface area (Å²) in [6, 6.07) is 11.1. The van der Waals surface area contributed by atoms with E-state index >= 15 is 0 Å². The molecule has 1 rings (SSSR count). The van der Waals surface area contributed by atoms with Crippen LogP contribution >= 0.6 is 0 Å². The number of nitrogens with one attached hydrogen (secondary N) is 1. The molecule has 90 valence electrons. The van der Waals surface area contributed by atoms with Crippen LogP contribution in [0.4, 0.5) is 0 Å². The summed E-state index contributed by atoms with van der Waals surface area (Å²) in [6.07, 6.45) is 0. The molecule has 2 nitrogen and oxygen atoms in total. The Labute approximate surface area is 99.2 Å². The van der Waals surface area contributed by atoms with E-state index in [1.54, 1.807) is 0 Å². The summed E-state index contributed by atoms with van der Waals surface area (Å²) in [5, 5.41) is 3.60. The predicted molar refractivity (Wildman–Crippen MR) is 70.3 cm³/mol. The van der Waals surface area contributed by atoms with Gasteiger partial charge in [0.1, 0.15) is 0 Å². The molecule has 0 fully saturated rings. The van der Waals surface area contributed by atoms with Crippen LogP contribution in [0.25, 0.3) is 0 Å². The Morgan fingerprint density at radius 3 is 2.19 bits per heavy atom. The number of nitrogens with two attached hydrogens (primary N) is 1. The second-order valence-corrected chi connectivity index (χ2v) is 5.45. The average Bonchev–Trinajstić information content (AvgIpc) is 2.25. The van der Waals surface area contributed by atoms with E-state index in [0.29, 0.717) is 12.6 Å². The molecule has 0 bridgehead atoms. The van der Waals surface area contributed by atoms with Crippen LogP contribution in [0, 0.1) is 5.41 Å². The third-order valence-corrected chi connectivity index (χ3v) is 3.19. The van der Waals surface area contributed by atoms with Crippen molar-refractivity contribution in [2.24, 2.45) is 11.1 Å². The fourth-order valence-corrected chi connectivity index (χ4v) is 1.54. The highest BCUT2D eigenvalue weighted by molar-refractivity contribution is 5.19. The quantitative estimate of drug-likeness (QED) is 0.818. The van der Waals surface area contributed by atoms with Crippen LogP contribution in [0.2, 0.25) is 0 Å². The highest BCUT2D eigenvalue weighted by Crippen LogP contribution is 2.22. The maximum absolute atomic E-state index is 5.83. The standard InChI is InChI=1S/C14H24N2/c1-11(14(2,3)4)16-13(10-15)12-8-6-5-7-9-12/h5-9,11,13,16H,10,15H2,1-4H3. The van der Waals surface area contributed by atoms with Gasteiger partial charge >= 0.3 is 0 Å². The average molecular weight is 220 g/mol. The lowest BCUT2D eigenvalue weighted by molar-refractivity contribution is 0.264. The van der Waals surface area contributed by atoms with Crippen molar-refractivity contribution in [3.05, 3.63) is 35.9 Å². The fourth-order valence-electron chi connectivity index (χ4n) is 1.54. The van der Waals surface area contributed by atoms with Gasteiger partial charge in [-0.15, -0.1) is 0 Å². The van der Waals surface area contributed by atoms with Crippen molar-refractivity contribution >= 4 is 0 Å². The monoisotopic (exact) mass is 220 g/mol. The van der Waals surface area contributed by atoms with Gasteiger partial charge in [0.05, 0.1) is 0 Å². The van der Waals surface area contributed by atoms with Crippen LogP contribution in [0.5, 0.6) is 0 Å². The van der Waals surface area contributed by atoms with E-state index in [-0.39, 0.29) is 11.5 Å². The Bertz CT molecular complexity index is 300. The molecular formula is C14H24N2. The Kier molecular flexibility index (Phi) is 4.51. The van der Waals surface area contributed by atoms with E-state index in [0.717, 1.165) is 0 Å². The largest absolute Gasteiger partial charge is 0.329 e. The van der Waals surface area contributed by atoms with Crippen LogP contribution < -0.4 is 11.1 Å². The minimum Gasteiger partial charge on any atom is -0.329 e. The van der Waals surface area contributed by atoms with Crippen LogP contribution in [0.3, 0.4) is 0 Å². The molecular weight excluding hydrogens is 196 g/mol. The highest BCUT2D eigenvalue weighted by Gasteiger charge is 2.22. The van der Waals surface area contributed by atoms with Gasteiger partial charge < -0.3 is 11.1 Å². The topological polar surface area (TPSA) is 38.0 Å². The molecule has 0 saturated carbocycles. The van der Waals surface area contributed by atoms with Crippen LogP contribution in [0.15, 0.2) is 30.3 Å². The predicted octanol–water partition coefficient (Wildman–Crippen LogP) is 2.71. The van der Waals surface area contributed by atoms with Gasteiger partial charge in [-0.05, 0) is 17.9 Å². The lowest BCUT2D eigenvalue weighted by Crippen LogP contribution is -2.42. The first-order chi connectivity index (χ1) is 7.45. The van der Waals surface area contributed by atoms with Crippen molar-refractivity contribution in [3.8, 4) is 0 Å². The summed E-state index contributed by atoms with van der Waals surface area (Å²) in [5.41, 5.74) is 7.35. The number of hydrogen-bond acceptors (Lipinski definition) is 2. The van der Waals surface area contributed by atoms with Crippen molar-refractivity contribution < 1.29 is 0 Å². The molecule has 0 aliphatic rings. The van der Waals surface area contributed by atoms with Crippen molar-refractivity contribution in [2.75, 3.05) is 6.54 Å². The second-order valence-electron chi connectivity index (χ2n) is 5.45. The van der Waals surface area contributed by atoms with Crippen LogP contribution in [0.1, 0.15) is 39.3 Å². The Balaban J connectivity index is 2.70. The molecule has 2 atom stereocenters. The van der Waals surface area contributed by atoms with Gasteiger partial charge in [-0.2, -0.15) is 0 Å². The van der Waals surface area contributed by atoms with Crippen LogP contribution in [-0.4, -0.2) is 12.6 Å².